The van der Waals surface area contributed by atoms with Gasteiger partial charge in [0.2, 0.25) is 0 Å². The molecular weight excluding hydrogens is 373 g/mol. The summed E-state index contributed by atoms with van der Waals surface area (Å²) in [6, 6.07) is 17.8. The smallest absolute Gasteiger partial charge is 0.339 e. The highest BCUT2D eigenvalue weighted by Crippen LogP contribution is 2.31. The molecule has 0 aliphatic carbocycles. The van der Waals surface area contributed by atoms with Gasteiger partial charge in [-0.25, -0.2) is 9.18 Å². The standard InChI is InChI=1S/C23H18FNO4/c1-28-19-9-7-18(8-10-19)25-22(26)15-4-11-20-16(12-15)13-21(29-23(20)27)14-2-5-17(24)6-3-14/h2-12,21H,13H2,1H3,(H,25,26). The molecule has 5 nitrogen and oxygen atoms in total. The predicted molar refractivity (Wildman–Crippen MR) is 106 cm³/mol. The largest absolute Gasteiger partial charge is 0.497 e. The molecule has 146 valence electrons. The number of halogens is 1. The summed E-state index contributed by atoms with van der Waals surface area (Å²) in [6.45, 7) is 0. The Kier molecular flexibility index (Phi) is 4.99. The van der Waals surface area contributed by atoms with Crippen LogP contribution in [-0.2, 0) is 11.2 Å². The molecule has 1 aliphatic rings. The highest BCUT2D eigenvalue weighted by atomic mass is 19.1. The Morgan fingerprint density at radius 3 is 2.48 bits per heavy atom. The van der Waals surface area contributed by atoms with Crippen LogP contribution in [0.2, 0.25) is 0 Å². The number of nitrogens with one attached hydrogen (secondary N) is 1. The molecule has 29 heavy (non-hydrogen) atoms. The molecular formula is C23H18FNO4. The van der Waals surface area contributed by atoms with E-state index in [1.807, 2.05) is 0 Å². The first-order chi connectivity index (χ1) is 14.0. The van der Waals surface area contributed by atoms with E-state index in [0.29, 0.717) is 34.5 Å². The van der Waals surface area contributed by atoms with E-state index in [4.69, 9.17) is 9.47 Å². The van der Waals surface area contributed by atoms with Crippen molar-refractivity contribution in [2.45, 2.75) is 12.5 Å². The minimum Gasteiger partial charge on any atom is -0.497 e. The third-order valence-corrected chi connectivity index (χ3v) is 4.83. The maximum absolute atomic E-state index is 13.2. The zero-order valence-electron chi connectivity index (χ0n) is 15.6. The fourth-order valence-electron chi connectivity index (χ4n) is 3.28. The zero-order chi connectivity index (χ0) is 20.4. The molecule has 3 aromatic carbocycles. The molecule has 1 unspecified atom stereocenters. The Morgan fingerprint density at radius 1 is 1.07 bits per heavy atom. The van der Waals surface area contributed by atoms with E-state index in [1.54, 1.807) is 61.7 Å². The van der Waals surface area contributed by atoms with Crippen LogP contribution in [-0.4, -0.2) is 19.0 Å². The van der Waals surface area contributed by atoms with Crippen molar-refractivity contribution in [1.29, 1.82) is 0 Å². The van der Waals surface area contributed by atoms with Gasteiger partial charge in [-0.05, 0) is 65.7 Å². The molecule has 0 radical (unpaired) electrons. The number of ether oxygens (including phenoxy) is 2. The maximum Gasteiger partial charge on any atom is 0.339 e. The Balaban J connectivity index is 1.55. The number of hydrogen-bond acceptors (Lipinski definition) is 4. The van der Waals surface area contributed by atoms with Gasteiger partial charge in [0.25, 0.3) is 5.91 Å². The summed E-state index contributed by atoms with van der Waals surface area (Å²) in [5.41, 5.74) is 2.94. The van der Waals surface area contributed by atoms with Crippen LogP contribution in [0.1, 0.15) is 37.9 Å². The number of benzene rings is 3. The Bertz CT molecular complexity index is 1060. The van der Waals surface area contributed by atoms with E-state index in [1.165, 1.54) is 12.1 Å². The molecule has 0 bridgehead atoms. The number of hydrogen-bond donors (Lipinski definition) is 1. The van der Waals surface area contributed by atoms with Gasteiger partial charge < -0.3 is 14.8 Å². The number of methoxy groups -OCH3 is 1. The van der Waals surface area contributed by atoms with Crippen LogP contribution < -0.4 is 10.1 Å². The lowest BCUT2D eigenvalue weighted by atomic mass is 9.93. The van der Waals surface area contributed by atoms with Gasteiger partial charge in [-0.1, -0.05) is 12.1 Å². The fourth-order valence-corrected chi connectivity index (χ4v) is 3.28. The summed E-state index contributed by atoms with van der Waals surface area (Å²) >= 11 is 0. The van der Waals surface area contributed by atoms with E-state index >= 15 is 0 Å². The monoisotopic (exact) mass is 391 g/mol. The molecule has 4 rings (SSSR count). The van der Waals surface area contributed by atoms with Crippen LogP contribution in [0.5, 0.6) is 5.75 Å². The van der Waals surface area contributed by atoms with Crippen molar-refractivity contribution < 1.29 is 23.5 Å². The number of amides is 1. The molecule has 1 heterocycles. The second kappa shape index (κ2) is 7.75. The average Bonchev–Trinajstić information content (AvgIpc) is 2.74. The average molecular weight is 391 g/mol. The van der Waals surface area contributed by atoms with Gasteiger partial charge in [-0.2, -0.15) is 0 Å². The minimum atomic E-state index is -0.518. The lowest BCUT2D eigenvalue weighted by Gasteiger charge is -2.25. The number of anilines is 1. The summed E-state index contributed by atoms with van der Waals surface area (Å²) in [6.07, 6.45) is -0.105. The fraction of sp³-hybridized carbons (Fsp3) is 0.130. The maximum atomic E-state index is 13.2. The first-order valence-electron chi connectivity index (χ1n) is 9.08. The molecule has 0 fully saturated rings. The molecule has 0 saturated carbocycles. The predicted octanol–water partition coefficient (Wildman–Crippen LogP) is 4.54. The third kappa shape index (κ3) is 3.96. The van der Waals surface area contributed by atoms with Crippen LogP contribution in [0.15, 0.2) is 66.7 Å². The highest BCUT2D eigenvalue weighted by Gasteiger charge is 2.28. The molecule has 0 spiro atoms. The second-order valence-electron chi connectivity index (χ2n) is 6.70. The molecule has 1 amide bonds. The molecule has 6 heteroatoms. The minimum absolute atomic E-state index is 0.282. The molecule has 0 aromatic heterocycles. The van der Waals surface area contributed by atoms with Gasteiger partial charge in [0.15, 0.2) is 0 Å². The van der Waals surface area contributed by atoms with Gasteiger partial charge in [0.1, 0.15) is 17.7 Å². The van der Waals surface area contributed by atoms with E-state index in [2.05, 4.69) is 5.32 Å². The Hall–Kier alpha value is -3.67. The van der Waals surface area contributed by atoms with Crippen LogP contribution in [0.3, 0.4) is 0 Å². The Morgan fingerprint density at radius 2 is 1.79 bits per heavy atom. The number of carbonyl (C=O) groups excluding carboxylic acids is 2. The summed E-state index contributed by atoms with van der Waals surface area (Å²) in [4.78, 5) is 25.0. The number of carbonyl (C=O) groups is 2. The zero-order valence-corrected chi connectivity index (χ0v) is 15.6. The van der Waals surface area contributed by atoms with Gasteiger partial charge in [-0.3, -0.25) is 4.79 Å². The summed E-state index contributed by atoms with van der Waals surface area (Å²) in [5, 5.41) is 2.82. The van der Waals surface area contributed by atoms with Gasteiger partial charge >= 0.3 is 5.97 Å². The van der Waals surface area contributed by atoms with Crippen molar-refractivity contribution in [3.63, 3.8) is 0 Å². The lowest BCUT2D eigenvalue weighted by Crippen LogP contribution is -2.23. The molecule has 1 N–H and O–H groups in total. The number of fused-ring (bicyclic) bond motifs is 1. The highest BCUT2D eigenvalue weighted by molar-refractivity contribution is 6.05. The summed E-state index contributed by atoms with van der Waals surface area (Å²) in [5.74, 6) is -0.395. The van der Waals surface area contributed by atoms with Crippen LogP contribution in [0.25, 0.3) is 0 Å². The van der Waals surface area contributed by atoms with Crippen LogP contribution in [0.4, 0.5) is 10.1 Å². The van der Waals surface area contributed by atoms with E-state index in [9.17, 15) is 14.0 Å². The number of rotatable bonds is 4. The lowest BCUT2D eigenvalue weighted by molar-refractivity contribution is 0.0252. The SMILES string of the molecule is COc1ccc(NC(=O)c2ccc3c(c2)CC(c2ccc(F)cc2)OC3=O)cc1. The molecule has 0 saturated heterocycles. The van der Waals surface area contributed by atoms with Crippen molar-refractivity contribution in [3.05, 3.63) is 94.8 Å². The topological polar surface area (TPSA) is 64.6 Å². The second-order valence-corrected chi connectivity index (χ2v) is 6.70. The van der Waals surface area contributed by atoms with Crippen molar-refractivity contribution in [2.75, 3.05) is 12.4 Å². The number of cyclic esters (lactones) is 1. The molecule has 3 aromatic rings. The van der Waals surface area contributed by atoms with Crippen LogP contribution >= 0.6 is 0 Å². The van der Waals surface area contributed by atoms with Crippen molar-refractivity contribution in [3.8, 4) is 5.75 Å². The van der Waals surface area contributed by atoms with E-state index < -0.39 is 12.1 Å². The van der Waals surface area contributed by atoms with Crippen molar-refractivity contribution >= 4 is 17.6 Å². The summed E-state index contributed by atoms with van der Waals surface area (Å²) in [7, 11) is 1.57. The quantitative estimate of drug-likeness (QED) is 0.663. The first-order valence-corrected chi connectivity index (χ1v) is 9.08. The van der Waals surface area contributed by atoms with Gasteiger partial charge in [0.05, 0.1) is 12.7 Å². The van der Waals surface area contributed by atoms with Crippen LogP contribution in [0, 0.1) is 5.82 Å². The normalized spacial score (nSPS) is 15.2. The molecule has 1 atom stereocenters. The van der Waals surface area contributed by atoms with Crippen molar-refractivity contribution in [1.82, 2.24) is 0 Å². The third-order valence-electron chi connectivity index (χ3n) is 4.83. The van der Waals surface area contributed by atoms with E-state index in [0.717, 1.165) is 5.56 Å². The van der Waals surface area contributed by atoms with Crippen molar-refractivity contribution in [2.24, 2.45) is 0 Å². The summed E-state index contributed by atoms with van der Waals surface area (Å²) < 4.78 is 23.8. The molecule has 1 aliphatic heterocycles. The Labute approximate surface area is 167 Å². The van der Waals surface area contributed by atoms with E-state index in [-0.39, 0.29) is 11.7 Å². The first kappa shape index (κ1) is 18.7. The number of esters is 1. The van der Waals surface area contributed by atoms with Gasteiger partial charge in [0, 0.05) is 17.7 Å². The van der Waals surface area contributed by atoms with Gasteiger partial charge in [-0.15, -0.1) is 0 Å².